The highest BCUT2D eigenvalue weighted by Crippen LogP contribution is 2.20. The minimum absolute atomic E-state index is 0.0881. The monoisotopic (exact) mass is 276 g/mol. The molecular weight excluding hydrogens is 252 g/mol. The highest BCUT2D eigenvalue weighted by atomic mass is 16.3. The first-order valence-corrected chi connectivity index (χ1v) is 7.31. The van der Waals surface area contributed by atoms with Gasteiger partial charge in [-0.15, -0.1) is 0 Å². The number of benzene rings is 1. The first-order valence-electron chi connectivity index (χ1n) is 7.31. The molecular formula is C16H24N2O2. The summed E-state index contributed by atoms with van der Waals surface area (Å²) in [7, 11) is 2.05. The van der Waals surface area contributed by atoms with Gasteiger partial charge in [0, 0.05) is 25.2 Å². The van der Waals surface area contributed by atoms with Crippen LogP contribution in [0.25, 0.3) is 0 Å². The van der Waals surface area contributed by atoms with Gasteiger partial charge in [0.05, 0.1) is 5.60 Å². The van der Waals surface area contributed by atoms with Crippen molar-refractivity contribution in [3.05, 3.63) is 35.4 Å². The Balaban J connectivity index is 1.95. The third kappa shape index (κ3) is 3.58. The smallest absolute Gasteiger partial charge is 0.251 e. The Morgan fingerprint density at radius 1 is 1.35 bits per heavy atom. The van der Waals surface area contributed by atoms with E-state index in [1.54, 1.807) is 0 Å². The quantitative estimate of drug-likeness (QED) is 0.875. The van der Waals surface area contributed by atoms with Crippen molar-refractivity contribution in [3.63, 3.8) is 0 Å². The van der Waals surface area contributed by atoms with Gasteiger partial charge in [-0.05, 0) is 37.9 Å². The fraction of sp³-hybridized carbons (Fsp3) is 0.562. The van der Waals surface area contributed by atoms with Crippen molar-refractivity contribution in [2.45, 2.75) is 31.8 Å². The molecule has 1 aromatic rings. The average molecular weight is 276 g/mol. The molecule has 1 aliphatic rings. The van der Waals surface area contributed by atoms with Gasteiger partial charge in [-0.1, -0.05) is 25.1 Å². The lowest BCUT2D eigenvalue weighted by atomic mass is 9.91. The Hall–Kier alpha value is -1.39. The van der Waals surface area contributed by atoms with E-state index in [2.05, 4.69) is 17.3 Å². The summed E-state index contributed by atoms with van der Waals surface area (Å²) in [5, 5.41) is 13.4. The van der Waals surface area contributed by atoms with E-state index in [4.69, 9.17) is 0 Å². The summed E-state index contributed by atoms with van der Waals surface area (Å²) >= 11 is 0. The number of carbonyl (C=O) groups excluding carboxylic acids is 1. The number of nitrogens with one attached hydrogen (secondary N) is 1. The van der Waals surface area contributed by atoms with E-state index in [0.29, 0.717) is 24.9 Å². The summed E-state index contributed by atoms with van der Waals surface area (Å²) in [6, 6.07) is 7.63. The maximum atomic E-state index is 12.2. The van der Waals surface area contributed by atoms with Gasteiger partial charge in [0.15, 0.2) is 0 Å². The summed E-state index contributed by atoms with van der Waals surface area (Å²) in [6.45, 7) is 4.12. The number of aliphatic hydroxyl groups is 1. The topological polar surface area (TPSA) is 52.6 Å². The van der Waals surface area contributed by atoms with Crippen molar-refractivity contribution in [1.82, 2.24) is 10.2 Å². The molecule has 1 aromatic carbocycles. The second kappa shape index (κ2) is 6.37. The van der Waals surface area contributed by atoms with Crippen LogP contribution in [0.5, 0.6) is 0 Å². The zero-order chi connectivity index (χ0) is 14.6. The number of carbonyl (C=O) groups is 1. The Labute approximate surface area is 120 Å². The van der Waals surface area contributed by atoms with Gasteiger partial charge < -0.3 is 15.3 Å². The van der Waals surface area contributed by atoms with Crippen LogP contribution < -0.4 is 5.32 Å². The molecule has 0 atom stereocenters. The first-order chi connectivity index (χ1) is 9.54. The van der Waals surface area contributed by atoms with Crippen LogP contribution in [0.4, 0.5) is 0 Å². The highest BCUT2D eigenvalue weighted by Gasteiger charge is 2.31. The number of piperidine rings is 1. The molecule has 4 nitrogen and oxygen atoms in total. The van der Waals surface area contributed by atoms with Crippen LogP contribution in [0.3, 0.4) is 0 Å². The predicted octanol–water partition coefficient (Wildman–Crippen LogP) is 1.44. The van der Waals surface area contributed by atoms with E-state index in [0.717, 1.165) is 25.1 Å². The molecule has 0 aliphatic carbocycles. The summed E-state index contributed by atoms with van der Waals surface area (Å²) < 4.78 is 0. The van der Waals surface area contributed by atoms with Gasteiger partial charge in [0.1, 0.15) is 0 Å². The first kappa shape index (κ1) is 15.0. The fourth-order valence-electron chi connectivity index (χ4n) is 2.60. The van der Waals surface area contributed by atoms with Gasteiger partial charge in [0.2, 0.25) is 0 Å². The zero-order valence-corrected chi connectivity index (χ0v) is 12.4. The second-order valence-corrected chi connectivity index (χ2v) is 5.72. The summed E-state index contributed by atoms with van der Waals surface area (Å²) in [4.78, 5) is 14.4. The number of hydrogen-bond donors (Lipinski definition) is 2. The van der Waals surface area contributed by atoms with E-state index in [-0.39, 0.29) is 5.91 Å². The van der Waals surface area contributed by atoms with Crippen molar-refractivity contribution in [2.75, 3.05) is 26.7 Å². The van der Waals surface area contributed by atoms with Crippen LogP contribution in [0, 0.1) is 0 Å². The number of hydrogen-bond acceptors (Lipinski definition) is 3. The molecule has 2 rings (SSSR count). The van der Waals surface area contributed by atoms with E-state index < -0.39 is 5.60 Å². The number of rotatable bonds is 4. The van der Waals surface area contributed by atoms with E-state index in [9.17, 15) is 9.90 Å². The Kier molecular flexibility index (Phi) is 4.78. The molecule has 0 radical (unpaired) electrons. The molecule has 0 aromatic heterocycles. The molecule has 2 N–H and O–H groups in total. The Bertz CT molecular complexity index is 465. The number of nitrogens with zero attached hydrogens (tertiary/aromatic N) is 1. The molecule has 1 aliphatic heterocycles. The molecule has 1 fully saturated rings. The maximum absolute atomic E-state index is 12.2. The Morgan fingerprint density at radius 3 is 2.65 bits per heavy atom. The average Bonchev–Trinajstić information content (AvgIpc) is 2.48. The molecule has 4 heteroatoms. The van der Waals surface area contributed by atoms with Crippen molar-refractivity contribution in [3.8, 4) is 0 Å². The molecule has 0 unspecified atom stereocenters. The minimum Gasteiger partial charge on any atom is -0.388 e. The molecule has 0 spiro atoms. The van der Waals surface area contributed by atoms with Crippen molar-refractivity contribution in [2.24, 2.45) is 0 Å². The molecule has 110 valence electrons. The van der Waals surface area contributed by atoms with Crippen LogP contribution in [-0.4, -0.2) is 48.2 Å². The molecule has 1 heterocycles. The third-order valence-electron chi connectivity index (χ3n) is 4.14. The predicted molar refractivity (Wildman–Crippen MR) is 79.8 cm³/mol. The molecule has 20 heavy (non-hydrogen) atoms. The van der Waals surface area contributed by atoms with E-state index in [1.807, 2.05) is 31.2 Å². The fourth-order valence-corrected chi connectivity index (χ4v) is 2.60. The minimum atomic E-state index is -0.761. The zero-order valence-electron chi connectivity index (χ0n) is 12.4. The maximum Gasteiger partial charge on any atom is 0.251 e. The van der Waals surface area contributed by atoms with Gasteiger partial charge >= 0.3 is 0 Å². The van der Waals surface area contributed by atoms with Gasteiger partial charge in [-0.3, -0.25) is 4.79 Å². The van der Waals surface area contributed by atoms with E-state index in [1.165, 1.54) is 0 Å². The normalized spacial score (nSPS) is 18.8. The molecule has 0 saturated carbocycles. The molecule has 1 amide bonds. The highest BCUT2D eigenvalue weighted by molar-refractivity contribution is 5.95. The largest absolute Gasteiger partial charge is 0.388 e. The van der Waals surface area contributed by atoms with Crippen LogP contribution in [0.2, 0.25) is 0 Å². The Morgan fingerprint density at radius 2 is 2.00 bits per heavy atom. The lowest BCUT2D eigenvalue weighted by Gasteiger charge is -2.36. The standard InChI is InChI=1S/C16H24N2O2/c1-3-13-6-4-5-7-14(13)15(19)17-12-16(20)8-10-18(2)11-9-16/h4-7,20H,3,8-12H2,1-2H3,(H,17,19). The number of likely N-dealkylation sites (tertiary alicyclic amines) is 1. The van der Waals surface area contributed by atoms with Crippen LogP contribution in [0.15, 0.2) is 24.3 Å². The molecule has 0 bridgehead atoms. The van der Waals surface area contributed by atoms with Gasteiger partial charge in [-0.2, -0.15) is 0 Å². The third-order valence-corrected chi connectivity index (χ3v) is 4.14. The van der Waals surface area contributed by atoms with Crippen LogP contribution in [0.1, 0.15) is 35.7 Å². The number of aryl methyl sites for hydroxylation is 1. The second-order valence-electron chi connectivity index (χ2n) is 5.72. The lowest BCUT2D eigenvalue weighted by molar-refractivity contribution is -0.0135. The number of amides is 1. The van der Waals surface area contributed by atoms with Gasteiger partial charge in [-0.25, -0.2) is 0 Å². The van der Waals surface area contributed by atoms with Crippen molar-refractivity contribution < 1.29 is 9.90 Å². The summed E-state index contributed by atoms with van der Waals surface area (Å²) in [6.07, 6.45) is 2.25. The summed E-state index contributed by atoms with van der Waals surface area (Å²) in [5.41, 5.74) is 0.996. The lowest BCUT2D eigenvalue weighted by Crippen LogP contribution is -2.50. The molecule has 1 saturated heterocycles. The van der Waals surface area contributed by atoms with Crippen molar-refractivity contribution >= 4 is 5.91 Å². The van der Waals surface area contributed by atoms with Crippen LogP contribution >= 0.6 is 0 Å². The SMILES string of the molecule is CCc1ccccc1C(=O)NCC1(O)CCN(C)CC1. The van der Waals surface area contributed by atoms with Gasteiger partial charge in [0.25, 0.3) is 5.91 Å². The van der Waals surface area contributed by atoms with Crippen molar-refractivity contribution in [1.29, 1.82) is 0 Å². The van der Waals surface area contributed by atoms with Crippen LogP contribution in [-0.2, 0) is 6.42 Å². The summed E-state index contributed by atoms with van der Waals surface area (Å²) in [5.74, 6) is -0.0881. The van der Waals surface area contributed by atoms with E-state index >= 15 is 0 Å².